The average molecular weight is 435 g/mol. The summed E-state index contributed by atoms with van der Waals surface area (Å²) < 4.78 is 10.7. The average Bonchev–Trinajstić information content (AvgIpc) is 3.38. The lowest BCUT2D eigenvalue weighted by Crippen LogP contribution is -2.49. The number of carbonyl (C=O) groups is 1. The molecule has 0 spiro atoms. The van der Waals surface area contributed by atoms with Crippen molar-refractivity contribution in [3.8, 4) is 5.75 Å². The molecule has 0 bridgehead atoms. The van der Waals surface area contributed by atoms with E-state index >= 15 is 0 Å². The maximum Gasteiger partial charge on any atom is 0.349 e. The Hall–Kier alpha value is -3.62. The molecule has 2 fully saturated rings. The molecule has 2 aliphatic rings. The normalized spacial score (nSPS) is 16.6. The molecule has 32 heavy (non-hydrogen) atoms. The molecule has 0 saturated carbocycles. The van der Waals surface area contributed by atoms with Gasteiger partial charge in [-0.1, -0.05) is 12.1 Å². The largest absolute Gasteiger partial charge is 0.493 e. The van der Waals surface area contributed by atoms with Crippen molar-refractivity contribution < 1.29 is 13.9 Å². The van der Waals surface area contributed by atoms with Crippen LogP contribution in [-0.4, -0.2) is 67.2 Å². The number of carbonyl (C=O) groups excluding carboxylic acids is 1. The monoisotopic (exact) mass is 435 g/mol. The summed E-state index contributed by atoms with van der Waals surface area (Å²) in [4.78, 5) is 40.8. The lowest BCUT2D eigenvalue weighted by molar-refractivity contribution is 0.0742. The first-order chi connectivity index (χ1) is 15.6. The van der Waals surface area contributed by atoms with Crippen LogP contribution in [0.1, 0.15) is 23.2 Å². The Morgan fingerprint density at radius 3 is 2.56 bits per heavy atom. The Labute approximate surface area is 185 Å². The molecule has 2 saturated heterocycles. The Morgan fingerprint density at radius 2 is 1.81 bits per heavy atom. The van der Waals surface area contributed by atoms with Gasteiger partial charge in [-0.2, -0.15) is 4.98 Å². The van der Waals surface area contributed by atoms with Crippen molar-refractivity contribution in [2.75, 3.05) is 56.2 Å². The number of benzene rings is 1. The number of anilines is 2. The molecule has 4 heterocycles. The number of rotatable bonds is 4. The van der Waals surface area contributed by atoms with E-state index in [4.69, 9.17) is 14.1 Å². The lowest BCUT2D eigenvalue weighted by atomic mass is 10.1. The Morgan fingerprint density at radius 1 is 1.03 bits per heavy atom. The molecule has 9 nitrogen and oxygen atoms in total. The second-order valence-electron chi connectivity index (χ2n) is 8.01. The van der Waals surface area contributed by atoms with Crippen LogP contribution in [0.5, 0.6) is 5.75 Å². The third-order valence-corrected chi connectivity index (χ3v) is 6.08. The first kappa shape index (κ1) is 20.3. The first-order valence-corrected chi connectivity index (χ1v) is 10.9. The highest BCUT2D eigenvalue weighted by Gasteiger charge is 2.26. The number of hydrogen-bond acceptors (Lipinski definition) is 8. The summed E-state index contributed by atoms with van der Waals surface area (Å²) in [6.07, 6.45) is 4.13. The van der Waals surface area contributed by atoms with Crippen LogP contribution in [0.2, 0.25) is 0 Å². The van der Waals surface area contributed by atoms with Crippen LogP contribution in [0.25, 0.3) is 11.0 Å². The molecule has 2 aromatic heterocycles. The van der Waals surface area contributed by atoms with E-state index in [-0.39, 0.29) is 11.5 Å². The van der Waals surface area contributed by atoms with Crippen molar-refractivity contribution in [3.05, 3.63) is 52.5 Å². The number of piperazine rings is 1. The van der Waals surface area contributed by atoms with Gasteiger partial charge in [-0.05, 0) is 31.0 Å². The van der Waals surface area contributed by atoms with Gasteiger partial charge in [0, 0.05) is 50.9 Å². The molecule has 0 N–H and O–H groups in total. The molecule has 0 aliphatic carbocycles. The second kappa shape index (κ2) is 8.49. The Balaban J connectivity index is 1.30. The van der Waals surface area contributed by atoms with Crippen molar-refractivity contribution in [2.24, 2.45) is 0 Å². The number of amides is 1. The van der Waals surface area contributed by atoms with Crippen LogP contribution in [0.15, 0.2) is 45.7 Å². The molecule has 5 rings (SSSR count). The highest BCUT2D eigenvalue weighted by atomic mass is 16.5. The fourth-order valence-electron chi connectivity index (χ4n) is 4.32. The van der Waals surface area contributed by atoms with E-state index < -0.39 is 5.63 Å². The zero-order chi connectivity index (χ0) is 22.1. The number of nitrogens with zero attached hydrogens (tertiary/aromatic N) is 5. The number of aromatic nitrogens is 2. The van der Waals surface area contributed by atoms with Crippen molar-refractivity contribution in [3.63, 3.8) is 0 Å². The summed E-state index contributed by atoms with van der Waals surface area (Å²) in [7, 11) is 1.51. The summed E-state index contributed by atoms with van der Waals surface area (Å²) in [6.45, 7) is 4.25. The maximum absolute atomic E-state index is 13.1. The third kappa shape index (κ3) is 3.74. The molecule has 0 radical (unpaired) electrons. The van der Waals surface area contributed by atoms with E-state index in [0.717, 1.165) is 24.9 Å². The van der Waals surface area contributed by atoms with E-state index in [1.807, 2.05) is 6.07 Å². The number of hydrogen-bond donors (Lipinski definition) is 0. The predicted octanol–water partition coefficient (Wildman–Crippen LogP) is 2.15. The van der Waals surface area contributed by atoms with Crippen LogP contribution in [0.3, 0.4) is 0 Å². The number of para-hydroxylation sites is 1. The summed E-state index contributed by atoms with van der Waals surface area (Å²) >= 11 is 0. The van der Waals surface area contributed by atoms with Crippen LogP contribution in [-0.2, 0) is 0 Å². The van der Waals surface area contributed by atoms with Gasteiger partial charge in [-0.25, -0.2) is 9.78 Å². The standard InChI is InChI=1S/C23H25N5O4/c1-31-18-6-4-5-16-15-17(22(30)32-20(16)18)21(29)27-13-11-26(12-14-27)19-7-8-24-23(25-19)28-9-2-3-10-28/h4-8,15H,2-3,9-14H2,1H3. The number of fused-ring (bicyclic) bond motifs is 1. The summed E-state index contributed by atoms with van der Waals surface area (Å²) in [6, 6.07) is 8.80. The minimum absolute atomic E-state index is 0.0394. The molecule has 0 atom stereocenters. The molecular formula is C23H25N5O4. The molecule has 1 amide bonds. The van der Waals surface area contributed by atoms with Gasteiger partial charge in [0.2, 0.25) is 5.95 Å². The van der Waals surface area contributed by atoms with Gasteiger partial charge in [0.15, 0.2) is 11.3 Å². The second-order valence-corrected chi connectivity index (χ2v) is 8.01. The molecule has 1 aromatic carbocycles. The van der Waals surface area contributed by atoms with Crippen molar-refractivity contribution in [1.82, 2.24) is 14.9 Å². The van der Waals surface area contributed by atoms with Crippen LogP contribution in [0, 0.1) is 0 Å². The minimum Gasteiger partial charge on any atom is -0.493 e. The third-order valence-electron chi connectivity index (χ3n) is 6.08. The first-order valence-electron chi connectivity index (χ1n) is 10.9. The van der Waals surface area contributed by atoms with Gasteiger partial charge in [0.25, 0.3) is 5.91 Å². The van der Waals surface area contributed by atoms with Gasteiger partial charge < -0.3 is 23.9 Å². The zero-order valence-electron chi connectivity index (χ0n) is 18.0. The fourth-order valence-corrected chi connectivity index (χ4v) is 4.32. The summed E-state index contributed by atoms with van der Waals surface area (Å²) in [5, 5.41) is 0.654. The molecule has 166 valence electrons. The van der Waals surface area contributed by atoms with Crippen molar-refractivity contribution >= 4 is 28.6 Å². The zero-order valence-corrected chi connectivity index (χ0v) is 18.0. The molecule has 3 aromatic rings. The molecular weight excluding hydrogens is 410 g/mol. The van der Waals surface area contributed by atoms with Crippen molar-refractivity contribution in [1.29, 1.82) is 0 Å². The van der Waals surface area contributed by atoms with Gasteiger partial charge in [0.1, 0.15) is 11.4 Å². The predicted molar refractivity (Wildman–Crippen MR) is 121 cm³/mol. The maximum atomic E-state index is 13.1. The van der Waals surface area contributed by atoms with Gasteiger partial charge in [-0.15, -0.1) is 0 Å². The van der Waals surface area contributed by atoms with Crippen LogP contribution < -0.4 is 20.2 Å². The van der Waals surface area contributed by atoms with Crippen molar-refractivity contribution in [2.45, 2.75) is 12.8 Å². The van der Waals surface area contributed by atoms with Crippen LogP contribution >= 0.6 is 0 Å². The molecule has 0 unspecified atom stereocenters. The summed E-state index contributed by atoms with van der Waals surface area (Å²) in [5.41, 5.74) is -0.267. The quantitative estimate of drug-likeness (QED) is 0.576. The minimum atomic E-state index is -0.652. The van der Waals surface area contributed by atoms with E-state index in [0.29, 0.717) is 42.9 Å². The highest BCUT2D eigenvalue weighted by molar-refractivity contribution is 5.97. The molecule has 9 heteroatoms. The number of methoxy groups -OCH3 is 1. The smallest absolute Gasteiger partial charge is 0.349 e. The highest BCUT2D eigenvalue weighted by Crippen LogP contribution is 2.25. The molecule has 2 aliphatic heterocycles. The lowest BCUT2D eigenvalue weighted by Gasteiger charge is -2.35. The van der Waals surface area contributed by atoms with Crippen LogP contribution in [0.4, 0.5) is 11.8 Å². The van der Waals surface area contributed by atoms with E-state index in [1.165, 1.54) is 20.0 Å². The number of ether oxygens (including phenoxy) is 1. The van der Waals surface area contributed by atoms with E-state index in [9.17, 15) is 9.59 Å². The topological polar surface area (TPSA) is 92.0 Å². The Bertz CT molecular complexity index is 1200. The van der Waals surface area contributed by atoms with E-state index in [2.05, 4.69) is 14.8 Å². The Kier molecular flexibility index (Phi) is 5.38. The SMILES string of the molecule is COc1cccc2cc(C(=O)N3CCN(c4ccnc(N5CCCC5)n4)CC3)c(=O)oc12. The van der Waals surface area contributed by atoms with Gasteiger partial charge in [0.05, 0.1) is 7.11 Å². The van der Waals surface area contributed by atoms with E-state index in [1.54, 1.807) is 35.4 Å². The fraction of sp³-hybridized carbons (Fsp3) is 0.391. The summed E-state index contributed by atoms with van der Waals surface area (Å²) in [5.74, 6) is 1.78. The van der Waals surface area contributed by atoms with Gasteiger partial charge >= 0.3 is 5.63 Å². The van der Waals surface area contributed by atoms with Gasteiger partial charge in [-0.3, -0.25) is 4.79 Å².